The topological polar surface area (TPSA) is 33.0 Å². The van der Waals surface area contributed by atoms with E-state index in [9.17, 15) is 4.39 Å². The van der Waals surface area contributed by atoms with E-state index in [4.69, 9.17) is 21.6 Å². The maximum atomic E-state index is 12.9. The highest BCUT2D eigenvalue weighted by Crippen LogP contribution is 2.21. The number of nitrogens with zero attached hydrogens (tertiary/aromatic N) is 1. The van der Waals surface area contributed by atoms with Gasteiger partial charge in [0.1, 0.15) is 17.6 Å². The van der Waals surface area contributed by atoms with Crippen LogP contribution in [0.15, 0.2) is 18.2 Å². The molecule has 0 saturated heterocycles. The van der Waals surface area contributed by atoms with Crippen LogP contribution in [0.2, 0.25) is 5.02 Å². The summed E-state index contributed by atoms with van der Waals surface area (Å²) in [4.78, 5) is 0. The normalized spacial score (nSPS) is 11.9. The number of ether oxygens (including phenoxy) is 1. The molecule has 0 aliphatic heterocycles. The van der Waals surface area contributed by atoms with Crippen LogP contribution in [0.1, 0.15) is 13.3 Å². The Labute approximate surface area is 86.9 Å². The van der Waals surface area contributed by atoms with Gasteiger partial charge in [0.15, 0.2) is 6.10 Å². The Morgan fingerprint density at radius 3 is 2.86 bits per heavy atom. The summed E-state index contributed by atoms with van der Waals surface area (Å²) < 4.78 is 18.1. The van der Waals surface area contributed by atoms with Crippen LogP contribution in [0.25, 0.3) is 0 Å². The Hall–Kier alpha value is -1.27. The molecule has 0 aromatic heterocycles. The lowest BCUT2D eigenvalue weighted by atomic mass is 10.3. The second-order valence-electron chi connectivity index (χ2n) is 2.72. The molecule has 2 nitrogen and oxygen atoms in total. The van der Waals surface area contributed by atoms with Gasteiger partial charge in [-0.15, -0.1) is 0 Å². The molecule has 0 saturated carbocycles. The number of benzene rings is 1. The van der Waals surface area contributed by atoms with E-state index in [-0.39, 0.29) is 5.02 Å². The van der Waals surface area contributed by atoms with Crippen molar-refractivity contribution < 1.29 is 9.13 Å². The van der Waals surface area contributed by atoms with E-state index < -0.39 is 11.9 Å². The zero-order valence-corrected chi connectivity index (χ0v) is 8.38. The second kappa shape index (κ2) is 4.83. The van der Waals surface area contributed by atoms with Crippen molar-refractivity contribution in [3.05, 3.63) is 29.0 Å². The highest BCUT2D eigenvalue weighted by atomic mass is 35.5. The van der Waals surface area contributed by atoms with Gasteiger partial charge in [-0.2, -0.15) is 5.26 Å². The minimum Gasteiger partial charge on any atom is -0.475 e. The van der Waals surface area contributed by atoms with E-state index in [1.165, 1.54) is 18.2 Å². The lowest BCUT2D eigenvalue weighted by molar-refractivity contribution is 0.251. The Morgan fingerprint density at radius 1 is 1.64 bits per heavy atom. The first-order valence-corrected chi connectivity index (χ1v) is 4.56. The first-order valence-electron chi connectivity index (χ1n) is 4.18. The van der Waals surface area contributed by atoms with Crippen LogP contribution >= 0.6 is 11.6 Å². The lowest BCUT2D eigenvalue weighted by Crippen LogP contribution is -2.12. The fourth-order valence-corrected chi connectivity index (χ4v) is 1.03. The fraction of sp³-hybridized carbons (Fsp3) is 0.300. The summed E-state index contributed by atoms with van der Waals surface area (Å²) in [5.74, 6) is -0.225. The highest BCUT2D eigenvalue weighted by Gasteiger charge is 2.07. The largest absolute Gasteiger partial charge is 0.475 e. The molecule has 1 atom stereocenters. The molecule has 0 bridgehead atoms. The van der Waals surface area contributed by atoms with E-state index in [1.54, 1.807) is 0 Å². The third-order valence-corrected chi connectivity index (χ3v) is 1.99. The third kappa shape index (κ3) is 2.61. The molecule has 1 aromatic carbocycles. The van der Waals surface area contributed by atoms with Crippen molar-refractivity contribution >= 4 is 11.6 Å². The summed E-state index contributed by atoms with van der Waals surface area (Å²) in [6, 6.07) is 6.06. The number of hydrogen-bond acceptors (Lipinski definition) is 2. The first kappa shape index (κ1) is 10.8. The van der Waals surface area contributed by atoms with Gasteiger partial charge in [0.25, 0.3) is 0 Å². The van der Waals surface area contributed by atoms with Crippen molar-refractivity contribution in [2.45, 2.75) is 19.4 Å². The lowest BCUT2D eigenvalue weighted by Gasteiger charge is -2.09. The van der Waals surface area contributed by atoms with Gasteiger partial charge in [-0.05, 0) is 18.6 Å². The molecule has 0 aliphatic rings. The van der Waals surface area contributed by atoms with Crippen molar-refractivity contribution in [1.29, 1.82) is 5.26 Å². The minimum absolute atomic E-state index is 0.0438. The van der Waals surface area contributed by atoms with Crippen molar-refractivity contribution in [3.8, 4) is 11.8 Å². The van der Waals surface area contributed by atoms with Gasteiger partial charge in [0.2, 0.25) is 0 Å². The predicted molar refractivity (Wildman–Crippen MR) is 51.7 cm³/mol. The molecule has 1 unspecified atom stereocenters. The molecule has 74 valence electrons. The van der Waals surface area contributed by atoms with Crippen molar-refractivity contribution in [1.82, 2.24) is 0 Å². The molecule has 0 heterocycles. The van der Waals surface area contributed by atoms with E-state index in [0.717, 1.165) is 0 Å². The fourth-order valence-electron chi connectivity index (χ4n) is 0.915. The monoisotopic (exact) mass is 213 g/mol. The molecule has 1 rings (SSSR count). The van der Waals surface area contributed by atoms with Gasteiger partial charge in [-0.1, -0.05) is 18.5 Å². The van der Waals surface area contributed by atoms with Gasteiger partial charge in [-0.3, -0.25) is 0 Å². The van der Waals surface area contributed by atoms with Crippen LogP contribution in [0.4, 0.5) is 4.39 Å². The molecule has 0 fully saturated rings. The molecule has 1 aromatic rings. The zero-order chi connectivity index (χ0) is 10.6. The Balaban J connectivity index is 2.78. The van der Waals surface area contributed by atoms with Gasteiger partial charge < -0.3 is 4.74 Å². The summed E-state index contributed by atoms with van der Waals surface area (Å²) in [6.07, 6.45) is 0.0105. The predicted octanol–water partition coefficient (Wildman–Crippen LogP) is 3.16. The van der Waals surface area contributed by atoms with E-state index in [1.807, 2.05) is 13.0 Å². The number of nitriles is 1. The molecule has 0 aliphatic carbocycles. The van der Waals surface area contributed by atoms with E-state index in [2.05, 4.69) is 0 Å². The molecule has 14 heavy (non-hydrogen) atoms. The average molecular weight is 214 g/mol. The molecule has 0 N–H and O–H groups in total. The summed E-state index contributed by atoms with van der Waals surface area (Å²) in [6.45, 7) is 1.82. The van der Waals surface area contributed by atoms with Gasteiger partial charge in [0.05, 0.1) is 5.02 Å². The van der Waals surface area contributed by atoms with Crippen LogP contribution in [0.3, 0.4) is 0 Å². The van der Waals surface area contributed by atoms with Crippen LogP contribution < -0.4 is 4.74 Å². The quantitative estimate of drug-likeness (QED) is 0.773. The van der Waals surface area contributed by atoms with Crippen molar-refractivity contribution in [2.75, 3.05) is 0 Å². The van der Waals surface area contributed by atoms with Crippen LogP contribution in [0, 0.1) is 17.1 Å². The highest BCUT2D eigenvalue weighted by molar-refractivity contribution is 6.30. The standard InChI is InChI=1S/C10H9ClFNO/c1-2-7(6-13)14-8-3-4-9(11)10(12)5-8/h3-5,7H,2H2,1H3. The Bertz CT molecular complexity index is 362. The molecular weight excluding hydrogens is 205 g/mol. The summed E-state index contributed by atoms with van der Waals surface area (Å²) in [5.41, 5.74) is 0. The van der Waals surface area contributed by atoms with E-state index in [0.29, 0.717) is 12.2 Å². The molecular formula is C10H9ClFNO. The summed E-state index contributed by atoms with van der Waals surface area (Å²) >= 11 is 5.49. The smallest absolute Gasteiger partial charge is 0.184 e. The number of hydrogen-bond donors (Lipinski definition) is 0. The van der Waals surface area contributed by atoms with Crippen molar-refractivity contribution in [2.24, 2.45) is 0 Å². The maximum absolute atomic E-state index is 12.9. The number of halogens is 2. The first-order chi connectivity index (χ1) is 6.67. The Morgan fingerprint density at radius 2 is 2.36 bits per heavy atom. The van der Waals surface area contributed by atoms with Crippen LogP contribution in [-0.2, 0) is 0 Å². The number of rotatable bonds is 3. The van der Waals surface area contributed by atoms with Crippen LogP contribution in [0.5, 0.6) is 5.75 Å². The van der Waals surface area contributed by atoms with Gasteiger partial charge >= 0.3 is 0 Å². The Kier molecular flexibility index (Phi) is 3.73. The van der Waals surface area contributed by atoms with Gasteiger partial charge in [-0.25, -0.2) is 4.39 Å². The average Bonchev–Trinajstić information content (AvgIpc) is 2.19. The maximum Gasteiger partial charge on any atom is 0.184 e. The van der Waals surface area contributed by atoms with Gasteiger partial charge in [0, 0.05) is 6.07 Å². The zero-order valence-electron chi connectivity index (χ0n) is 7.63. The molecule has 0 spiro atoms. The summed E-state index contributed by atoms with van der Waals surface area (Å²) in [7, 11) is 0. The minimum atomic E-state index is -0.546. The SMILES string of the molecule is CCC(C#N)Oc1ccc(Cl)c(F)c1. The third-order valence-electron chi connectivity index (χ3n) is 1.68. The van der Waals surface area contributed by atoms with Crippen molar-refractivity contribution in [3.63, 3.8) is 0 Å². The molecule has 0 amide bonds. The molecule has 0 radical (unpaired) electrons. The molecule has 4 heteroatoms. The van der Waals surface area contributed by atoms with Crippen LogP contribution in [-0.4, -0.2) is 6.10 Å². The van der Waals surface area contributed by atoms with E-state index >= 15 is 0 Å². The second-order valence-corrected chi connectivity index (χ2v) is 3.13. The summed E-state index contributed by atoms with van der Waals surface area (Å²) in [5, 5.41) is 8.66.